The molecule has 0 saturated carbocycles. The van der Waals surface area contributed by atoms with Crippen LogP contribution >= 0.6 is 0 Å². The Balaban J connectivity index is 2.20. The molecule has 4 nitrogen and oxygen atoms in total. The van der Waals surface area contributed by atoms with Crippen molar-refractivity contribution in [3.8, 4) is 11.5 Å². The van der Waals surface area contributed by atoms with Gasteiger partial charge in [0.05, 0.1) is 13.2 Å². The molecule has 0 bridgehead atoms. The average molecular weight is 305 g/mol. The van der Waals surface area contributed by atoms with E-state index in [9.17, 15) is 4.79 Å². The van der Waals surface area contributed by atoms with E-state index in [2.05, 4.69) is 13.8 Å². The summed E-state index contributed by atoms with van der Waals surface area (Å²) in [7, 11) is 0. The molecule has 0 atom stereocenters. The van der Waals surface area contributed by atoms with Gasteiger partial charge in [0, 0.05) is 18.7 Å². The van der Waals surface area contributed by atoms with Crippen LogP contribution in [0.5, 0.6) is 11.5 Å². The van der Waals surface area contributed by atoms with E-state index in [1.54, 1.807) is 6.07 Å². The highest BCUT2D eigenvalue weighted by molar-refractivity contribution is 5.95. The predicted octanol–water partition coefficient (Wildman–Crippen LogP) is 3.75. The van der Waals surface area contributed by atoms with Crippen molar-refractivity contribution in [3.05, 3.63) is 23.8 Å². The number of hydrogen-bond acceptors (Lipinski definition) is 3. The van der Waals surface area contributed by atoms with Crippen LogP contribution in [0.15, 0.2) is 18.2 Å². The molecule has 0 unspecified atom stereocenters. The molecule has 1 aliphatic heterocycles. The van der Waals surface area contributed by atoms with E-state index in [0.29, 0.717) is 30.3 Å². The summed E-state index contributed by atoms with van der Waals surface area (Å²) >= 11 is 0. The van der Waals surface area contributed by atoms with Gasteiger partial charge in [0.15, 0.2) is 11.5 Å². The quantitative estimate of drug-likeness (QED) is 0.831. The molecule has 1 amide bonds. The fourth-order valence-corrected chi connectivity index (χ4v) is 2.96. The topological polar surface area (TPSA) is 38.8 Å². The van der Waals surface area contributed by atoms with Gasteiger partial charge in [0.2, 0.25) is 0 Å². The van der Waals surface area contributed by atoms with Crippen molar-refractivity contribution in [2.24, 2.45) is 5.41 Å². The van der Waals surface area contributed by atoms with Crippen LogP contribution in [0.1, 0.15) is 50.9 Å². The highest BCUT2D eigenvalue weighted by Gasteiger charge is 2.29. The van der Waals surface area contributed by atoms with Crippen LogP contribution in [0.4, 0.5) is 0 Å². The summed E-state index contributed by atoms with van der Waals surface area (Å²) in [5, 5.41) is 0. The molecule has 0 N–H and O–H groups in total. The lowest BCUT2D eigenvalue weighted by molar-refractivity contribution is 0.0583. The molecule has 0 spiro atoms. The number of ether oxygens (including phenoxy) is 2. The third-order valence-corrected chi connectivity index (χ3v) is 3.98. The zero-order chi connectivity index (χ0) is 16.2. The summed E-state index contributed by atoms with van der Waals surface area (Å²) in [6.07, 6.45) is 2.23. The number of benzene rings is 1. The number of carbonyl (C=O) groups excluding carboxylic acids is 1. The number of amides is 1. The summed E-state index contributed by atoms with van der Waals surface area (Å²) in [4.78, 5) is 14.7. The molecule has 0 aliphatic carbocycles. The van der Waals surface area contributed by atoms with Crippen molar-refractivity contribution < 1.29 is 14.3 Å². The molecule has 4 heteroatoms. The van der Waals surface area contributed by atoms with Crippen molar-refractivity contribution in [3.63, 3.8) is 0 Å². The number of nitrogens with zero attached hydrogens (tertiary/aromatic N) is 1. The summed E-state index contributed by atoms with van der Waals surface area (Å²) < 4.78 is 11.2. The van der Waals surface area contributed by atoms with Crippen molar-refractivity contribution in [2.45, 2.75) is 40.5 Å². The molecule has 1 aromatic rings. The van der Waals surface area contributed by atoms with E-state index in [1.807, 2.05) is 30.9 Å². The summed E-state index contributed by atoms with van der Waals surface area (Å²) in [6, 6.07) is 5.46. The first kappa shape index (κ1) is 16.7. The molecule has 122 valence electrons. The van der Waals surface area contributed by atoms with E-state index in [1.165, 1.54) is 6.42 Å². The SMILES string of the molecule is CCOc1ccc(C(=O)N2CCCC(C)(C)C2)cc1OCC. The Morgan fingerprint density at radius 2 is 1.86 bits per heavy atom. The van der Waals surface area contributed by atoms with Crippen LogP contribution in [0, 0.1) is 5.41 Å². The number of hydrogen-bond donors (Lipinski definition) is 0. The maximum atomic E-state index is 12.7. The van der Waals surface area contributed by atoms with Crippen LogP contribution in [0.2, 0.25) is 0 Å². The van der Waals surface area contributed by atoms with Gasteiger partial charge >= 0.3 is 0 Å². The Bertz CT molecular complexity index is 525. The second kappa shape index (κ2) is 7.03. The van der Waals surface area contributed by atoms with Crippen molar-refractivity contribution in [1.82, 2.24) is 4.90 Å². The third kappa shape index (κ3) is 3.93. The fraction of sp³-hybridized carbons (Fsp3) is 0.611. The first-order chi connectivity index (χ1) is 10.5. The Hall–Kier alpha value is -1.71. The minimum atomic E-state index is 0.0803. The van der Waals surface area contributed by atoms with E-state index >= 15 is 0 Å². The number of carbonyl (C=O) groups is 1. The van der Waals surface area contributed by atoms with Gasteiger partial charge in [0.25, 0.3) is 5.91 Å². The molecule has 0 radical (unpaired) electrons. The van der Waals surface area contributed by atoms with Crippen LogP contribution in [0.25, 0.3) is 0 Å². The molecule has 22 heavy (non-hydrogen) atoms. The van der Waals surface area contributed by atoms with Crippen molar-refractivity contribution in [2.75, 3.05) is 26.3 Å². The molecule has 1 heterocycles. The summed E-state index contributed by atoms with van der Waals surface area (Å²) in [5.41, 5.74) is 0.867. The second-order valence-corrected chi connectivity index (χ2v) is 6.52. The predicted molar refractivity (Wildman–Crippen MR) is 87.7 cm³/mol. The van der Waals surface area contributed by atoms with Gasteiger partial charge in [-0.15, -0.1) is 0 Å². The van der Waals surface area contributed by atoms with Gasteiger partial charge in [-0.3, -0.25) is 4.79 Å². The van der Waals surface area contributed by atoms with E-state index < -0.39 is 0 Å². The minimum Gasteiger partial charge on any atom is -0.490 e. The highest BCUT2D eigenvalue weighted by atomic mass is 16.5. The Morgan fingerprint density at radius 1 is 1.18 bits per heavy atom. The Morgan fingerprint density at radius 3 is 2.50 bits per heavy atom. The van der Waals surface area contributed by atoms with Crippen molar-refractivity contribution in [1.29, 1.82) is 0 Å². The second-order valence-electron chi connectivity index (χ2n) is 6.52. The van der Waals surface area contributed by atoms with Crippen LogP contribution < -0.4 is 9.47 Å². The molecule has 1 aliphatic rings. The zero-order valence-corrected chi connectivity index (χ0v) is 14.1. The first-order valence-electron chi connectivity index (χ1n) is 8.16. The normalized spacial score (nSPS) is 17.2. The standard InChI is InChI=1S/C18H27NO3/c1-5-21-15-9-8-14(12-16(15)22-6-2)17(20)19-11-7-10-18(3,4)13-19/h8-9,12H,5-7,10-11,13H2,1-4H3. The number of rotatable bonds is 5. The van der Waals surface area contributed by atoms with Gasteiger partial charge in [-0.25, -0.2) is 0 Å². The van der Waals surface area contributed by atoms with Gasteiger partial charge < -0.3 is 14.4 Å². The lowest BCUT2D eigenvalue weighted by atomic mass is 9.84. The number of piperidine rings is 1. The van der Waals surface area contributed by atoms with Gasteiger partial charge in [-0.2, -0.15) is 0 Å². The van der Waals surface area contributed by atoms with Gasteiger partial charge in [0.1, 0.15) is 0 Å². The van der Waals surface area contributed by atoms with Gasteiger partial charge in [-0.1, -0.05) is 13.8 Å². The average Bonchev–Trinajstić information content (AvgIpc) is 2.48. The van der Waals surface area contributed by atoms with Crippen LogP contribution in [-0.4, -0.2) is 37.1 Å². The summed E-state index contributed by atoms with van der Waals surface area (Å²) in [5.74, 6) is 1.42. The van der Waals surface area contributed by atoms with E-state index in [-0.39, 0.29) is 11.3 Å². The lowest BCUT2D eigenvalue weighted by Crippen LogP contribution is -2.43. The number of likely N-dealkylation sites (tertiary alicyclic amines) is 1. The lowest BCUT2D eigenvalue weighted by Gasteiger charge is -2.38. The molecule has 1 fully saturated rings. The van der Waals surface area contributed by atoms with E-state index in [4.69, 9.17) is 9.47 Å². The molecule has 1 aromatic carbocycles. The largest absolute Gasteiger partial charge is 0.490 e. The molecule has 1 saturated heterocycles. The highest BCUT2D eigenvalue weighted by Crippen LogP contribution is 2.32. The molecule has 0 aromatic heterocycles. The maximum absolute atomic E-state index is 12.7. The summed E-state index contributed by atoms with van der Waals surface area (Å²) in [6.45, 7) is 11.1. The van der Waals surface area contributed by atoms with Crippen LogP contribution in [0.3, 0.4) is 0 Å². The minimum absolute atomic E-state index is 0.0803. The van der Waals surface area contributed by atoms with Gasteiger partial charge in [-0.05, 0) is 50.3 Å². The molecular formula is C18H27NO3. The first-order valence-corrected chi connectivity index (χ1v) is 8.16. The van der Waals surface area contributed by atoms with Crippen LogP contribution in [-0.2, 0) is 0 Å². The van der Waals surface area contributed by atoms with E-state index in [0.717, 1.165) is 19.5 Å². The zero-order valence-electron chi connectivity index (χ0n) is 14.1. The third-order valence-electron chi connectivity index (χ3n) is 3.98. The monoisotopic (exact) mass is 305 g/mol. The van der Waals surface area contributed by atoms with Crippen molar-refractivity contribution >= 4 is 5.91 Å². The Labute approximate surface area is 133 Å². The Kier molecular flexibility index (Phi) is 5.33. The fourth-order valence-electron chi connectivity index (χ4n) is 2.96. The smallest absolute Gasteiger partial charge is 0.254 e. The molecular weight excluding hydrogens is 278 g/mol. The maximum Gasteiger partial charge on any atom is 0.254 e. The molecule has 2 rings (SSSR count).